The molecule has 0 amide bonds. The van der Waals surface area contributed by atoms with Crippen LogP contribution in [0.5, 0.6) is 0 Å². The van der Waals surface area contributed by atoms with Crippen molar-refractivity contribution in [3.05, 3.63) is 165 Å². The van der Waals surface area contributed by atoms with Crippen molar-refractivity contribution in [2.45, 2.75) is 47.0 Å². The first-order valence-corrected chi connectivity index (χ1v) is 13.6. The highest BCUT2D eigenvalue weighted by molar-refractivity contribution is 5.61. The topological polar surface area (TPSA) is 24.7 Å². The summed E-state index contributed by atoms with van der Waals surface area (Å²) in [6, 6.07) is 39.7. The minimum Gasteiger partial charge on any atom is -0.151 e. The molecule has 0 bridgehead atoms. The number of hydrogen-bond acceptors (Lipinski definition) is 2. The molecule has 0 heterocycles. The van der Waals surface area contributed by atoms with Gasteiger partial charge in [-0.1, -0.05) is 108 Å². The van der Waals surface area contributed by atoms with Crippen molar-refractivity contribution in [1.82, 2.24) is 0 Å². The Balaban J connectivity index is 1.67. The maximum Gasteiger partial charge on any atom is 0.0889 e. The Bertz CT molecular complexity index is 1500. The molecule has 5 aromatic rings. The maximum absolute atomic E-state index is 4.61. The molecule has 0 atom stereocenters. The molecular weight excluding hydrogens is 472 g/mol. The van der Waals surface area contributed by atoms with Crippen molar-refractivity contribution in [2.75, 3.05) is 0 Å². The zero-order valence-electron chi connectivity index (χ0n) is 23.8. The van der Waals surface area contributed by atoms with E-state index < -0.39 is 5.41 Å². The van der Waals surface area contributed by atoms with E-state index in [1.807, 2.05) is 0 Å². The Morgan fingerprint density at radius 2 is 0.744 bits per heavy atom. The third-order valence-electron chi connectivity index (χ3n) is 7.84. The highest BCUT2D eigenvalue weighted by Crippen LogP contribution is 2.45. The van der Waals surface area contributed by atoms with Crippen molar-refractivity contribution in [2.24, 2.45) is 10.2 Å². The molecule has 5 rings (SSSR count). The summed E-state index contributed by atoms with van der Waals surface area (Å²) < 4.78 is 0. The fourth-order valence-corrected chi connectivity index (χ4v) is 5.35. The van der Waals surface area contributed by atoms with Gasteiger partial charge in [-0.25, -0.2) is 0 Å². The van der Waals surface area contributed by atoms with Crippen molar-refractivity contribution in [1.29, 1.82) is 0 Å². The molecule has 0 aromatic heterocycles. The molecule has 0 unspecified atom stereocenters. The fourth-order valence-electron chi connectivity index (χ4n) is 5.35. The van der Waals surface area contributed by atoms with Crippen LogP contribution in [0.2, 0.25) is 0 Å². The quantitative estimate of drug-likeness (QED) is 0.161. The third-order valence-corrected chi connectivity index (χ3v) is 7.84. The Labute approximate surface area is 233 Å². The lowest BCUT2D eigenvalue weighted by molar-refractivity contribution is 0.744. The Kier molecular flexibility index (Phi) is 7.30. The molecule has 5 aromatic carbocycles. The first-order valence-electron chi connectivity index (χ1n) is 13.6. The van der Waals surface area contributed by atoms with Gasteiger partial charge in [0.25, 0.3) is 0 Å². The summed E-state index contributed by atoms with van der Waals surface area (Å²) in [5.74, 6) is 0. The number of benzene rings is 5. The predicted molar refractivity (Wildman–Crippen MR) is 164 cm³/mol. The fraction of sp³-hybridized carbons (Fsp3) is 0.189. The van der Waals surface area contributed by atoms with Gasteiger partial charge in [0, 0.05) is 0 Å². The second kappa shape index (κ2) is 10.8. The minimum absolute atomic E-state index is 0.477. The van der Waals surface area contributed by atoms with Gasteiger partial charge in [-0.2, -0.15) is 10.2 Å². The van der Waals surface area contributed by atoms with Crippen molar-refractivity contribution in [3.63, 3.8) is 0 Å². The molecule has 2 heteroatoms. The van der Waals surface area contributed by atoms with Crippen molar-refractivity contribution < 1.29 is 0 Å². The number of nitrogens with zero attached hydrogens (tertiary/aromatic N) is 2. The number of aryl methyl sites for hydroxylation is 6. The summed E-state index contributed by atoms with van der Waals surface area (Å²) >= 11 is 0. The van der Waals surface area contributed by atoms with Gasteiger partial charge in [-0.05, 0) is 98.7 Å². The van der Waals surface area contributed by atoms with Crippen molar-refractivity contribution in [3.8, 4) is 0 Å². The molecule has 39 heavy (non-hydrogen) atoms. The zero-order valence-corrected chi connectivity index (χ0v) is 23.8. The van der Waals surface area contributed by atoms with Gasteiger partial charge in [0.1, 0.15) is 0 Å². The lowest BCUT2D eigenvalue weighted by Gasteiger charge is -2.37. The van der Waals surface area contributed by atoms with Gasteiger partial charge in [0.15, 0.2) is 0 Å². The van der Waals surface area contributed by atoms with E-state index in [2.05, 4.69) is 161 Å². The standard InChI is InChI=1S/C37H36N2/c1-25-7-13-31(14-8-25)37(32-15-9-26(2)10-16-32,33-17-11-27(3)12-18-33)34-19-21-35(22-20-34)38-39-36-24-29(5)28(4)23-30(36)6/h7-24H,1-6H3. The van der Waals surface area contributed by atoms with Crippen LogP contribution < -0.4 is 0 Å². The van der Waals surface area contributed by atoms with Crippen LogP contribution in [0, 0.1) is 41.5 Å². The van der Waals surface area contributed by atoms with Crippen molar-refractivity contribution >= 4 is 11.4 Å². The zero-order chi connectivity index (χ0) is 27.6. The average Bonchev–Trinajstić information content (AvgIpc) is 2.94. The molecule has 0 saturated heterocycles. The normalized spacial score (nSPS) is 11.7. The van der Waals surface area contributed by atoms with Crippen LogP contribution in [0.15, 0.2) is 119 Å². The second-order valence-corrected chi connectivity index (χ2v) is 10.8. The van der Waals surface area contributed by atoms with E-state index >= 15 is 0 Å². The lowest BCUT2D eigenvalue weighted by atomic mass is 9.65. The van der Waals surface area contributed by atoms with E-state index in [1.54, 1.807) is 0 Å². The molecule has 0 fully saturated rings. The number of hydrogen-bond donors (Lipinski definition) is 0. The first-order chi connectivity index (χ1) is 18.8. The van der Waals surface area contributed by atoms with E-state index in [-0.39, 0.29) is 0 Å². The van der Waals surface area contributed by atoms with E-state index in [9.17, 15) is 0 Å². The lowest BCUT2D eigenvalue weighted by Crippen LogP contribution is -2.31. The summed E-state index contributed by atoms with van der Waals surface area (Å²) in [7, 11) is 0. The molecule has 0 saturated carbocycles. The summed E-state index contributed by atoms with van der Waals surface area (Å²) in [6.07, 6.45) is 0. The van der Waals surface area contributed by atoms with E-state index in [0.29, 0.717) is 0 Å². The van der Waals surface area contributed by atoms with Crippen LogP contribution in [0.1, 0.15) is 55.6 Å². The van der Waals surface area contributed by atoms with Crippen LogP contribution in [-0.4, -0.2) is 0 Å². The minimum atomic E-state index is -0.477. The third kappa shape index (κ3) is 5.20. The van der Waals surface area contributed by atoms with Gasteiger partial charge in [-0.3, -0.25) is 0 Å². The SMILES string of the molecule is Cc1ccc(C(c2ccc(C)cc2)(c2ccc(C)cc2)c2ccc(N=Nc3cc(C)c(C)cc3C)cc2)cc1. The summed E-state index contributed by atoms with van der Waals surface area (Å²) in [4.78, 5) is 0. The summed E-state index contributed by atoms with van der Waals surface area (Å²) in [6.45, 7) is 12.7. The summed E-state index contributed by atoms with van der Waals surface area (Å²) in [5.41, 5.74) is 13.6. The van der Waals surface area contributed by atoms with E-state index in [4.69, 9.17) is 0 Å². The highest BCUT2D eigenvalue weighted by atomic mass is 15.1. The monoisotopic (exact) mass is 508 g/mol. The molecule has 194 valence electrons. The van der Waals surface area contributed by atoms with Gasteiger partial charge < -0.3 is 0 Å². The Hall–Kier alpha value is -4.30. The predicted octanol–water partition coefficient (Wildman–Crippen LogP) is 10.3. The number of rotatable bonds is 6. The molecule has 0 spiro atoms. The molecule has 0 radical (unpaired) electrons. The molecule has 2 nitrogen and oxygen atoms in total. The van der Waals surface area contributed by atoms with E-state index in [1.165, 1.54) is 50.1 Å². The second-order valence-electron chi connectivity index (χ2n) is 10.8. The first kappa shape index (κ1) is 26.3. The van der Waals surface area contributed by atoms with Crippen LogP contribution in [0.25, 0.3) is 0 Å². The average molecular weight is 509 g/mol. The molecule has 0 aliphatic heterocycles. The summed E-state index contributed by atoms with van der Waals surface area (Å²) in [5, 5.41) is 9.21. The maximum atomic E-state index is 4.61. The number of azo groups is 1. The van der Waals surface area contributed by atoms with Crippen LogP contribution >= 0.6 is 0 Å². The van der Waals surface area contributed by atoms with Gasteiger partial charge in [-0.15, -0.1) is 0 Å². The van der Waals surface area contributed by atoms with Gasteiger partial charge in [0.2, 0.25) is 0 Å². The molecule has 0 aliphatic rings. The van der Waals surface area contributed by atoms with Gasteiger partial charge in [0.05, 0.1) is 16.8 Å². The highest BCUT2D eigenvalue weighted by Gasteiger charge is 2.38. The largest absolute Gasteiger partial charge is 0.151 e. The van der Waals surface area contributed by atoms with E-state index in [0.717, 1.165) is 16.9 Å². The smallest absolute Gasteiger partial charge is 0.0889 e. The molecular formula is C37H36N2. The van der Waals surface area contributed by atoms with Gasteiger partial charge >= 0.3 is 0 Å². The van der Waals surface area contributed by atoms with Crippen LogP contribution in [0.4, 0.5) is 11.4 Å². The Morgan fingerprint density at radius 3 is 1.15 bits per heavy atom. The molecule has 0 N–H and O–H groups in total. The van der Waals surface area contributed by atoms with Crippen LogP contribution in [0.3, 0.4) is 0 Å². The Morgan fingerprint density at radius 1 is 0.385 bits per heavy atom. The molecule has 0 aliphatic carbocycles. The van der Waals surface area contributed by atoms with Crippen LogP contribution in [-0.2, 0) is 5.41 Å².